The Morgan fingerprint density at radius 3 is 1.19 bits per heavy atom. The molecule has 5 nitrogen and oxygen atoms in total. The van der Waals surface area contributed by atoms with Crippen LogP contribution in [0.2, 0.25) is 0 Å². The maximum atomic E-state index is 16.7. The molecule has 1 aliphatic rings. The monoisotopic (exact) mass is 608 g/mol. The lowest BCUT2D eigenvalue weighted by molar-refractivity contribution is -0.264. The molecule has 0 aromatic heterocycles. The molecular weight excluding hydrogens is 543 g/mol. The van der Waals surface area contributed by atoms with Gasteiger partial charge in [-0.25, -0.2) is 4.39 Å². The topological polar surface area (TPSA) is 46.2 Å². The van der Waals surface area contributed by atoms with Gasteiger partial charge in [0.05, 0.1) is 6.61 Å². The molecule has 0 spiro atoms. The predicted octanol–water partition coefficient (Wildman–Crippen LogP) is 9.79. The second-order valence-electron chi connectivity index (χ2n) is 12.3. The zero-order valence-electron chi connectivity index (χ0n) is 28.1. The molecule has 0 aliphatic heterocycles. The van der Waals surface area contributed by atoms with Crippen LogP contribution in [-0.4, -0.2) is 63.1 Å². The Balaban J connectivity index is 2.31. The maximum Gasteiger partial charge on any atom is 0.157 e. The summed E-state index contributed by atoms with van der Waals surface area (Å²) in [5.74, 6) is 0. The Morgan fingerprint density at radius 1 is 0.442 bits per heavy atom. The molecule has 0 N–H and O–H groups in total. The molecule has 2 rings (SSSR count). The second kappa shape index (κ2) is 25.2. The van der Waals surface area contributed by atoms with Gasteiger partial charge < -0.3 is 23.7 Å². The smallest absolute Gasteiger partial charge is 0.157 e. The van der Waals surface area contributed by atoms with Crippen LogP contribution in [0.1, 0.15) is 136 Å². The Labute approximate surface area is 263 Å². The fourth-order valence-corrected chi connectivity index (χ4v) is 5.81. The van der Waals surface area contributed by atoms with E-state index < -0.39 is 36.7 Å². The lowest BCUT2D eigenvalue weighted by atomic mass is 9.84. The first-order valence-electron chi connectivity index (χ1n) is 17.9. The highest BCUT2D eigenvalue weighted by molar-refractivity contribution is 5.14. The Morgan fingerprint density at radius 2 is 0.791 bits per heavy atom. The van der Waals surface area contributed by atoms with Crippen molar-refractivity contribution in [2.24, 2.45) is 0 Å². The third kappa shape index (κ3) is 15.2. The molecule has 0 radical (unpaired) electrons. The summed E-state index contributed by atoms with van der Waals surface area (Å²) in [6.07, 6.45) is 13.0. The van der Waals surface area contributed by atoms with Gasteiger partial charge in [-0.3, -0.25) is 0 Å². The van der Waals surface area contributed by atoms with Crippen LogP contribution in [0.4, 0.5) is 4.39 Å². The van der Waals surface area contributed by atoms with Crippen LogP contribution in [0.25, 0.3) is 0 Å². The Bertz CT molecular complexity index is 750. The quantitative estimate of drug-likeness (QED) is 0.0931. The molecule has 1 aromatic rings. The summed E-state index contributed by atoms with van der Waals surface area (Å²) in [6.45, 7) is 11.4. The van der Waals surface area contributed by atoms with Gasteiger partial charge in [0.1, 0.15) is 30.5 Å². The molecule has 0 unspecified atom stereocenters. The average Bonchev–Trinajstić information content (AvgIpc) is 3.02. The highest BCUT2D eigenvalue weighted by atomic mass is 19.1. The van der Waals surface area contributed by atoms with Crippen molar-refractivity contribution in [2.75, 3.05) is 26.4 Å². The normalized spacial score (nSPS) is 24.0. The number of rotatable bonds is 27. The van der Waals surface area contributed by atoms with E-state index in [1.54, 1.807) is 0 Å². The third-order valence-electron chi connectivity index (χ3n) is 8.44. The van der Waals surface area contributed by atoms with Crippen LogP contribution in [-0.2, 0) is 30.3 Å². The van der Waals surface area contributed by atoms with Gasteiger partial charge in [-0.05, 0) is 31.2 Å². The first kappa shape index (κ1) is 38.1. The molecule has 0 amide bonds. The SMILES string of the molecule is CCCCCCO[C@@H]1[C@@H](OCCCCCC)[C@H](OCc2ccccc2)[C@@H](F)[C@H](OCCCCCC)[C@H]1OCCCCCC. The number of ether oxygens (including phenoxy) is 5. The third-order valence-corrected chi connectivity index (χ3v) is 8.44. The van der Waals surface area contributed by atoms with Crippen molar-refractivity contribution in [1.29, 1.82) is 0 Å². The van der Waals surface area contributed by atoms with E-state index in [2.05, 4.69) is 27.7 Å². The molecule has 43 heavy (non-hydrogen) atoms. The van der Waals surface area contributed by atoms with E-state index in [1.807, 2.05) is 30.3 Å². The largest absolute Gasteiger partial charge is 0.373 e. The summed E-state index contributed by atoms with van der Waals surface area (Å²) in [5, 5.41) is 0. The molecule has 250 valence electrons. The fraction of sp³-hybridized carbons (Fsp3) is 0.838. The molecule has 0 heterocycles. The molecule has 0 saturated heterocycles. The van der Waals surface area contributed by atoms with Crippen LogP contribution >= 0.6 is 0 Å². The first-order chi connectivity index (χ1) is 21.2. The number of hydrogen-bond donors (Lipinski definition) is 0. The summed E-state index contributed by atoms with van der Waals surface area (Å²) >= 11 is 0. The van der Waals surface area contributed by atoms with Gasteiger partial charge in [-0.15, -0.1) is 0 Å². The molecule has 6 heteroatoms. The summed E-state index contributed by atoms with van der Waals surface area (Å²) in [6, 6.07) is 9.99. The standard InChI is InChI=1S/C37H65FO5/c1-5-9-13-20-26-39-33-32(38)34(43-30-31-24-18-17-19-25-31)36(41-28-22-15-11-7-3)37(42-29-23-16-12-8-4)35(33)40-27-21-14-10-6-2/h17-19,24-25,32-37H,5-16,20-23,26-30H2,1-4H3/t32-,33-,34+,35+,36-,37-/m0/s1. The van der Waals surface area contributed by atoms with Crippen LogP contribution in [0.5, 0.6) is 0 Å². The molecule has 1 aliphatic carbocycles. The van der Waals surface area contributed by atoms with Gasteiger partial charge in [0.2, 0.25) is 0 Å². The van der Waals surface area contributed by atoms with E-state index in [1.165, 1.54) is 25.7 Å². The van der Waals surface area contributed by atoms with Crippen molar-refractivity contribution in [3.63, 3.8) is 0 Å². The zero-order chi connectivity index (χ0) is 31.0. The molecule has 0 bridgehead atoms. The lowest BCUT2D eigenvalue weighted by Gasteiger charge is -2.47. The fourth-order valence-electron chi connectivity index (χ4n) is 5.81. The van der Waals surface area contributed by atoms with Crippen molar-refractivity contribution in [3.8, 4) is 0 Å². The van der Waals surface area contributed by atoms with Gasteiger partial charge in [-0.1, -0.05) is 135 Å². The van der Waals surface area contributed by atoms with Crippen molar-refractivity contribution in [1.82, 2.24) is 0 Å². The van der Waals surface area contributed by atoms with Gasteiger partial charge in [0.25, 0.3) is 0 Å². The van der Waals surface area contributed by atoms with E-state index >= 15 is 4.39 Å². The minimum Gasteiger partial charge on any atom is -0.373 e. The van der Waals surface area contributed by atoms with Crippen molar-refractivity contribution in [3.05, 3.63) is 35.9 Å². The minimum absolute atomic E-state index is 0.316. The highest BCUT2D eigenvalue weighted by Crippen LogP contribution is 2.35. The predicted molar refractivity (Wildman–Crippen MR) is 175 cm³/mol. The molecule has 6 atom stereocenters. The number of halogens is 1. The Kier molecular flexibility index (Phi) is 22.3. The van der Waals surface area contributed by atoms with E-state index in [-0.39, 0.29) is 0 Å². The Hall–Kier alpha value is -1.05. The number of hydrogen-bond acceptors (Lipinski definition) is 5. The van der Waals surface area contributed by atoms with Crippen LogP contribution in [0, 0.1) is 0 Å². The molecule has 1 aromatic carbocycles. The summed E-state index contributed by atoms with van der Waals surface area (Å²) < 4.78 is 49.3. The molecule has 1 saturated carbocycles. The van der Waals surface area contributed by atoms with Crippen LogP contribution in [0.15, 0.2) is 30.3 Å². The molecular formula is C37H65FO5. The van der Waals surface area contributed by atoms with Crippen molar-refractivity contribution in [2.45, 2.75) is 174 Å². The zero-order valence-corrected chi connectivity index (χ0v) is 28.1. The summed E-state index contributed by atoms with van der Waals surface area (Å²) in [4.78, 5) is 0. The van der Waals surface area contributed by atoms with E-state index in [0.717, 1.165) is 82.6 Å². The highest BCUT2D eigenvalue weighted by Gasteiger charge is 2.54. The maximum absolute atomic E-state index is 16.7. The average molecular weight is 609 g/mol. The van der Waals surface area contributed by atoms with Crippen LogP contribution < -0.4 is 0 Å². The van der Waals surface area contributed by atoms with Gasteiger partial charge in [0, 0.05) is 26.4 Å². The number of benzene rings is 1. The summed E-state index contributed by atoms with van der Waals surface area (Å²) in [5.41, 5.74) is 1.01. The van der Waals surface area contributed by atoms with Crippen molar-refractivity contribution >= 4 is 0 Å². The number of alkyl halides is 1. The van der Waals surface area contributed by atoms with Gasteiger partial charge >= 0.3 is 0 Å². The molecule has 1 fully saturated rings. The summed E-state index contributed by atoms with van der Waals surface area (Å²) in [7, 11) is 0. The minimum atomic E-state index is -1.38. The van der Waals surface area contributed by atoms with Crippen molar-refractivity contribution < 1.29 is 28.1 Å². The van der Waals surface area contributed by atoms with E-state index in [0.29, 0.717) is 33.0 Å². The van der Waals surface area contributed by atoms with Crippen LogP contribution in [0.3, 0.4) is 0 Å². The second-order valence-corrected chi connectivity index (χ2v) is 12.3. The van der Waals surface area contributed by atoms with E-state index in [9.17, 15) is 0 Å². The van der Waals surface area contributed by atoms with Gasteiger partial charge in [-0.2, -0.15) is 0 Å². The lowest BCUT2D eigenvalue weighted by Crippen LogP contribution is -2.66. The number of unbranched alkanes of at least 4 members (excludes halogenated alkanes) is 12. The van der Waals surface area contributed by atoms with E-state index in [4.69, 9.17) is 23.7 Å². The first-order valence-corrected chi connectivity index (χ1v) is 17.9. The van der Waals surface area contributed by atoms with Gasteiger partial charge in [0.15, 0.2) is 6.17 Å².